The van der Waals surface area contributed by atoms with E-state index in [0.717, 1.165) is 42.1 Å². The Balaban J connectivity index is 1.33. The number of carbonyl (C=O) groups is 1. The zero-order chi connectivity index (χ0) is 21.6. The largest absolute Gasteiger partial charge is 0.375 e. The van der Waals surface area contributed by atoms with E-state index >= 15 is 0 Å². The number of benzene rings is 2. The first-order valence-electron chi connectivity index (χ1n) is 10.8. The molecule has 1 fully saturated rings. The second-order valence-electron chi connectivity index (χ2n) is 8.16. The molecule has 5 heteroatoms. The molecule has 1 saturated heterocycles. The van der Waals surface area contributed by atoms with Crippen molar-refractivity contribution in [3.8, 4) is 11.1 Å². The van der Waals surface area contributed by atoms with Gasteiger partial charge in [0.2, 0.25) is 5.91 Å². The quantitative estimate of drug-likeness (QED) is 0.657. The fraction of sp³-hybridized carbons (Fsp3) is 0.308. The predicted molar refractivity (Wildman–Crippen MR) is 124 cm³/mol. The summed E-state index contributed by atoms with van der Waals surface area (Å²) >= 11 is 0. The van der Waals surface area contributed by atoms with Crippen LogP contribution in [0, 0.1) is 6.92 Å². The molecule has 0 unspecified atom stereocenters. The zero-order valence-corrected chi connectivity index (χ0v) is 18.2. The maximum atomic E-state index is 12.3. The number of hydrogen-bond acceptors (Lipinski definition) is 4. The minimum Gasteiger partial charge on any atom is -0.375 e. The van der Waals surface area contributed by atoms with Gasteiger partial charge in [0.1, 0.15) is 0 Å². The Hall–Kier alpha value is -3.18. The predicted octanol–water partition coefficient (Wildman–Crippen LogP) is 4.14. The molecule has 2 heterocycles. The Morgan fingerprint density at radius 3 is 2.65 bits per heavy atom. The van der Waals surface area contributed by atoms with E-state index in [0.29, 0.717) is 6.54 Å². The third-order valence-corrected chi connectivity index (χ3v) is 5.55. The lowest BCUT2D eigenvalue weighted by Gasteiger charge is -2.33. The number of anilines is 1. The number of rotatable bonds is 6. The molecular weight excluding hydrogens is 386 g/mol. The maximum absolute atomic E-state index is 12.3. The third-order valence-electron chi connectivity index (χ3n) is 5.55. The molecule has 0 saturated carbocycles. The molecule has 4 rings (SSSR count). The molecule has 1 N–H and O–H groups in total. The van der Waals surface area contributed by atoms with Crippen molar-refractivity contribution < 1.29 is 9.53 Å². The molecule has 0 spiro atoms. The molecule has 1 atom stereocenters. The van der Waals surface area contributed by atoms with Gasteiger partial charge in [0.05, 0.1) is 19.1 Å². The van der Waals surface area contributed by atoms with E-state index in [-0.39, 0.29) is 18.4 Å². The van der Waals surface area contributed by atoms with Gasteiger partial charge in [-0.3, -0.25) is 9.78 Å². The smallest absolute Gasteiger partial charge is 0.226 e. The SMILES string of the molecule is Cc1cccc(CNC(=O)Cc2ccc(-c3ccc(N4CCO[C@H](C)C4)cc3)cn2)c1. The molecule has 1 aliphatic heterocycles. The third kappa shape index (κ3) is 5.70. The van der Waals surface area contributed by atoms with E-state index in [1.165, 1.54) is 11.3 Å². The second-order valence-corrected chi connectivity index (χ2v) is 8.16. The first-order chi connectivity index (χ1) is 15.1. The van der Waals surface area contributed by atoms with Gasteiger partial charge in [-0.15, -0.1) is 0 Å². The lowest BCUT2D eigenvalue weighted by molar-refractivity contribution is -0.120. The van der Waals surface area contributed by atoms with Crippen LogP contribution in [0.5, 0.6) is 0 Å². The molecule has 0 bridgehead atoms. The molecule has 1 aromatic heterocycles. The summed E-state index contributed by atoms with van der Waals surface area (Å²) in [6, 6.07) is 20.7. The van der Waals surface area contributed by atoms with Crippen LogP contribution in [0.1, 0.15) is 23.7 Å². The van der Waals surface area contributed by atoms with E-state index in [1.54, 1.807) is 0 Å². The van der Waals surface area contributed by atoms with Gasteiger partial charge >= 0.3 is 0 Å². The van der Waals surface area contributed by atoms with Gasteiger partial charge < -0.3 is 15.0 Å². The summed E-state index contributed by atoms with van der Waals surface area (Å²) in [5, 5.41) is 2.97. The minimum atomic E-state index is -0.0224. The first-order valence-corrected chi connectivity index (χ1v) is 10.8. The fourth-order valence-corrected chi connectivity index (χ4v) is 3.87. The van der Waals surface area contributed by atoms with Crippen molar-refractivity contribution in [1.29, 1.82) is 0 Å². The number of pyridine rings is 1. The van der Waals surface area contributed by atoms with Gasteiger partial charge in [-0.25, -0.2) is 0 Å². The Labute approximate surface area is 184 Å². The average Bonchev–Trinajstić information content (AvgIpc) is 2.78. The van der Waals surface area contributed by atoms with Crippen molar-refractivity contribution >= 4 is 11.6 Å². The Morgan fingerprint density at radius 2 is 1.94 bits per heavy atom. The van der Waals surface area contributed by atoms with Crippen LogP contribution in [0.4, 0.5) is 5.69 Å². The summed E-state index contributed by atoms with van der Waals surface area (Å²) in [5.74, 6) is -0.0224. The van der Waals surface area contributed by atoms with Crippen molar-refractivity contribution in [2.45, 2.75) is 32.9 Å². The molecule has 0 radical (unpaired) electrons. The monoisotopic (exact) mass is 415 g/mol. The Bertz CT molecular complexity index is 1020. The number of amides is 1. The summed E-state index contributed by atoms with van der Waals surface area (Å²) in [7, 11) is 0. The van der Waals surface area contributed by atoms with Crippen molar-refractivity contribution in [2.75, 3.05) is 24.6 Å². The number of nitrogens with one attached hydrogen (secondary N) is 1. The molecule has 1 aliphatic rings. The van der Waals surface area contributed by atoms with Crippen LogP contribution in [-0.4, -0.2) is 36.7 Å². The van der Waals surface area contributed by atoms with E-state index in [1.807, 2.05) is 43.5 Å². The summed E-state index contributed by atoms with van der Waals surface area (Å²) in [6.45, 7) is 7.30. The molecule has 1 amide bonds. The Kier molecular flexibility index (Phi) is 6.63. The molecular formula is C26H29N3O2. The van der Waals surface area contributed by atoms with Crippen LogP contribution < -0.4 is 10.2 Å². The number of nitrogens with zero attached hydrogens (tertiary/aromatic N) is 2. The molecule has 0 aliphatic carbocycles. The van der Waals surface area contributed by atoms with Gasteiger partial charge in [-0.1, -0.05) is 48.0 Å². The summed E-state index contributed by atoms with van der Waals surface area (Å²) in [4.78, 5) is 19.1. The number of carbonyl (C=O) groups excluding carboxylic acids is 1. The average molecular weight is 416 g/mol. The molecule has 5 nitrogen and oxygen atoms in total. The van der Waals surface area contributed by atoms with Crippen molar-refractivity contribution in [2.24, 2.45) is 0 Å². The number of aryl methyl sites for hydroxylation is 1. The first kappa shape index (κ1) is 21.1. The van der Waals surface area contributed by atoms with Gasteiger partial charge in [-0.2, -0.15) is 0 Å². The van der Waals surface area contributed by atoms with E-state index in [4.69, 9.17) is 4.74 Å². The summed E-state index contributed by atoms with van der Waals surface area (Å²) in [5.41, 5.74) is 6.44. The van der Waals surface area contributed by atoms with Crippen molar-refractivity contribution in [1.82, 2.24) is 10.3 Å². The van der Waals surface area contributed by atoms with E-state index in [2.05, 4.69) is 52.5 Å². The highest BCUT2D eigenvalue weighted by Crippen LogP contribution is 2.24. The molecule has 31 heavy (non-hydrogen) atoms. The minimum absolute atomic E-state index is 0.0224. The highest BCUT2D eigenvalue weighted by atomic mass is 16.5. The van der Waals surface area contributed by atoms with Crippen LogP contribution in [-0.2, 0) is 22.5 Å². The van der Waals surface area contributed by atoms with E-state index in [9.17, 15) is 4.79 Å². The molecule has 160 valence electrons. The highest BCUT2D eigenvalue weighted by molar-refractivity contribution is 5.78. The lowest BCUT2D eigenvalue weighted by atomic mass is 10.1. The van der Waals surface area contributed by atoms with Crippen LogP contribution >= 0.6 is 0 Å². The fourth-order valence-electron chi connectivity index (χ4n) is 3.87. The maximum Gasteiger partial charge on any atom is 0.226 e. The normalized spacial score (nSPS) is 16.2. The lowest BCUT2D eigenvalue weighted by Crippen LogP contribution is -2.41. The van der Waals surface area contributed by atoms with Crippen LogP contribution in [0.3, 0.4) is 0 Å². The van der Waals surface area contributed by atoms with Gasteiger partial charge in [0, 0.05) is 42.8 Å². The van der Waals surface area contributed by atoms with Gasteiger partial charge in [0.25, 0.3) is 0 Å². The Morgan fingerprint density at radius 1 is 1.13 bits per heavy atom. The topological polar surface area (TPSA) is 54.5 Å². The highest BCUT2D eigenvalue weighted by Gasteiger charge is 2.16. The zero-order valence-electron chi connectivity index (χ0n) is 18.2. The van der Waals surface area contributed by atoms with Crippen molar-refractivity contribution in [3.05, 3.63) is 83.7 Å². The van der Waals surface area contributed by atoms with E-state index < -0.39 is 0 Å². The summed E-state index contributed by atoms with van der Waals surface area (Å²) < 4.78 is 5.63. The standard InChI is InChI=1S/C26H29N3O2/c1-19-4-3-5-21(14-19)16-28-26(30)15-24-9-6-23(17-27-24)22-7-10-25(11-8-22)29-12-13-31-20(2)18-29/h3-11,14,17,20H,12-13,15-16,18H2,1-2H3,(H,28,30)/t20-/m1/s1. The number of ether oxygens (including phenoxy) is 1. The molecule has 2 aromatic carbocycles. The number of hydrogen-bond donors (Lipinski definition) is 1. The second kappa shape index (κ2) is 9.75. The molecule has 3 aromatic rings. The number of morpholine rings is 1. The van der Waals surface area contributed by atoms with Gasteiger partial charge in [0.15, 0.2) is 0 Å². The van der Waals surface area contributed by atoms with Crippen molar-refractivity contribution in [3.63, 3.8) is 0 Å². The van der Waals surface area contributed by atoms with Crippen LogP contribution in [0.25, 0.3) is 11.1 Å². The van der Waals surface area contributed by atoms with Crippen LogP contribution in [0.2, 0.25) is 0 Å². The number of aromatic nitrogens is 1. The van der Waals surface area contributed by atoms with Gasteiger partial charge in [-0.05, 0) is 43.2 Å². The van der Waals surface area contributed by atoms with Crippen LogP contribution in [0.15, 0.2) is 66.9 Å². The summed E-state index contributed by atoms with van der Waals surface area (Å²) in [6.07, 6.45) is 2.38.